The van der Waals surface area contributed by atoms with Gasteiger partial charge in [-0.05, 0) is 24.7 Å². The summed E-state index contributed by atoms with van der Waals surface area (Å²) in [5, 5.41) is 0. The third kappa shape index (κ3) is 9.16. The van der Waals surface area contributed by atoms with Crippen molar-refractivity contribution in [1.29, 1.82) is 0 Å². The minimum Gasteiger partial charge on any atom is -0.342 e. The van der Waals surface area contributed by atoms with Crippen LogP contribution >= 0.6 is 0 Å². The first-order valence-corrected chi connectivity index (χ1v) is 9.40. The van der Waals surface area contributed by atoms with Gasteiger partial charge in [0.25, 0.3) is 0 Å². The molecule has 0 aliphatic carbocycles. The number of amides is 1. The third-order valence-electron chi connectivity index (χ3n) is 4.70. The lowest BCUT2D eigenvalue weighted by molar-refractivity contribution is -0.132. The molecule has 2 unspecified atom stereocenters. The topological polar surface area (TPSA) is 20.3 Å². The molecule has 0 bridgehead atoms. The predicted octanol–water partition coefficient (Wildman–Crippen LogP) is 5.66. The van der Waals surface area contributed by atoms with E-state index in [1.165, 1.54) is 51.4 Å². The van der Waals surface area contributed by atoms with Crippen LogP contribution in [0.4, 0.5) is 0 Å². The van der Waals surface area contributed by atoms with Crippen molar-refractivity contribution in [2.75, 3.05) is 13.1 Å². The monoisotopic (exact) mass is 297 g/mol. The Morgan fingerprint density at radius 1 is 0.810 bits per heavy atom. The molecule has 0 saturated heterocycles. The van der Waals surface area contributed by atoms with Gasteiger partial charge in [-0.15, -0.1) is 0 Å². The van der Waals surface area contributed by atoms with Gasteiger partial charge < -0.3 is 4.90 Å². The summed E-state index contributed by atoms with van der Waals surface area (Å²) in [4.78, 5) is 14.5. The van der Waals surface area contributed by atoms with Crippen LogP contribution in [0.15, 0.2) is 0 Å². The van der Waals surface area contributed by atoms with Gasteiger partial charge in [-0.3, -0.25) is 4.79 Å². The lowest BCUT2D eigenvalue weighted by Crippen LogP contribution is -2.38. The van der Waals surface area contributed by atoms with Crippen LogP contribution in [-0.2, 0) is 4.79 Å². The van der Waals surface area contributed by atoms with E-state index in [0.29, 0.717) is 24.2 Å². The molecule has 126 valence electrons. The van der Waals surface area contributed by atoms with Crippen molar-refractivity contribution in [3.05, 3.63) is 0 Å². The molecule has 0 fully saturated rings. The smallest absolute Gasteiger partial charge is 0.222 e. The molecule has 0 aromatic heterocycles. The second-order valence-corrected chi connectivity index (χ2v) is 6.49. The maximum absolute atomic E-state index is 12.3. The molecular weight excluding hydrogens is 258 g/mol. The van der Waals surface area contributed by atoms with Crippen LogP contribution in [-0.4, -0.2) is 23.9 Å². The number of carbonyl (C=O) groups is 1. The quantitative estimate of drug-likeness (QED) is 0.429. The second-order valence-electron chi connectivity index (χ2n) is 6.49. The fourth-order valence-corrected chi connectivity index (χ4v) is 2.96. The zero-order valence-corrected chi connectivity index (χ0v) is 15.3. The van der Waals surface area contributed by atoms with Crippen molar-refractivity contribution in [2.45, 2.75) is 92.4 Å². The molecule has 0 rings (SSSR count). The van der Waals surface area contributed by atoms with Crippen molar-refractivity contribution in [1.82, 2.24) is 4.90 Å². The SMILES string of the molecule is CCCCC(CC)CN(CC(CC)CCCC)C(=O)CC. The van der Waals surface area contributed by atoms with E-state index in [0.717, 1.165) is 13.1 Å². The first-order valence-electron chi connectivity index (χ1n) is 9.40. The highest BCUT2D eigenvalue weighted by Gasteiger charge is 2.19. The van der Waals surface area contributed by atoms with Gasteiger partial charge in [-0.2, -0.15) is 0 Å². The number of carbonyl (C=O) groups excluding carboxylic acids is 1. The standard InChI is InChI=1S/C19H39NO/c1-6-11-13-17(8-3)15-20(19(21)10-5)16-18(9-4)14-12-7-2/h17-18H,6-16H2,1-5H3. The molecular formula is C19H39NO. The first-order chi connectivity index (χ1) is 10.1. The van der Waals surface area contributed by atoms with Crippen LogP contribution in [0.25, 0.3) is 0 Å². The van der Waals surface area contributed by atoms with E-state index in [1.807, 2.05) is 6.92 Å². The third-order valence-corrected chi connectivity index (χ3v) is 4.70. The first kappa shape index (κ1) is 20.5. The Kier molecular flexibility index (Phi) is 12.8. The summed E-state index contributed by atoms with van der Waals surface area (Å²) < 4.78 is 0. The van der Waals surface area contributed by atoms with Gasteiger partial charge in [-0.1, -0.05) is 73.1 Å². The van der Waals surface area contributed by atoms with Gasteiger partial charge in [0.1, 0.15) is 0 Å². The largest absolute Gasteiger partial charge is 0.342 e. The van der Waals surface area contributed by atoms with E-state index in [2.05, 4.69) is 32.6 Å². The van der Waals surface area contributed by atoms with E-state index in [9.17, 15) is 4.79 Å². The summed E-state index contributed by atoms with van der Waals surface area (Å²) in [7, 11) is 0. The molecule has 0 aromatic rings. The molecule has 2 nitrogen and oxygen atoms in total. The Labute approximate surface area is 133 Å². The normalized spacial score (nSPS) is 14.0. The van der Waals surface area contributed by atoms with Crippen molar-refractivity contribution < 1.29 is 4.79 Å². The summed E-state index contributed by atoms with van der Waals surface area (Å²) >= 11 is 0. The van der Waals surface area contributed by atoms with Crippen LogP contribution in [0.3, 0.4) is 0 Å². The van der Waals surface area contributed by atoms with Crippen molar-refractivity contribution in [2.24, 2.45) is 11.8 Å². The Hall–Kier alpha value is -0.530. The highest BCUT2D eigenvalue weighted by atomic mass is 16.2. The number of rotatable bonds is 13. The molecule has 0 spiro atoms. The molecule has 2 heteroatoms. The van der Waals surface area contributed by atoms with Crippen LogP contribution in [0.2, 0.25) is 0 Å². The van der Waals surface area contributed by atoms with Crippen molar-refractivity contribution >= 4 is 5.91 Å². The Morgan fingerprint density at radius 3 is 1.52 bits per heavy atom. The molecule has 0 aliphatic heterocycles. The summed E-state index contributed by atoms with van der Waals surface area (Å²) in [5.41, 5.74) is 0. The van der Waals surface area contributed by atoms with Crippen molar-refractivity contribution in [3.63, 3.8) is 0 Å². The molecule has 0 heterocycles. The number of hydrogen-bond acceptors (Lipinski definition) is 1. The van der Waals surface area contributed by atoms with Gasteiger partial charge in [0.15, 0.2) is 0 Å². The molecule has 2 atom stereocenters. The number of hydrogen-bond donors (Lipinski definition) is 0. The average molecular weight is 298 g/mol. The van der Waals surface area contributed by atoms with E-state index in [4.69, 9.17) is 0 Å². The van der Waals surface area contributed by atoms with Gasteiger partial charge in [0.2, 0.25) is 5.91 Å². The van der Waals surface area contributed by atoms with Crippen LogP contribution < -0.4 is 0 Å². The molecule has 0 radical (unpaired) electrons. The highest BCUT2D eigenvalue weighted by molar-refractivity contribution is 5.75. The molecule has 0 aliphatic rings. The van der Waals surface area contributed by atoms with Crippen LogP contribution in [0.5, 0.6) is 0 Å². The fraction of sp³-hybridized carbons (Fsp3) is 0.947. The summed E-state index contributed by atoms with van der Waals surface area (Å²) in [6.45, 7) is 13.0. The Bertz CT molecular complexity index is 234. The summed E-state index contributed by atoms with van der Waals surface area (Å²) in [5.74, 6) is 1.72. The average Bonchev–Trinajstić information content (AvgIpc) is 2.52. The molecule has 0 saturated carbocycles. The summed E-state index contributed by atoms with van der Waals surface area (Å²) in [6, 6.07) is 0. The maximum Gasteiger partial charge on any atom is 0.222 e. The Balaban J connectivity index is 4.57. The van der Waals surface area contributed by atoms with E-state index >= 15 is 0 Å². The van der Waals surface area contributed by atoms with Crippen LogP contribution in [0, 0.1) is 11.8 Å². The second kappa shape index (κ2) is 13.2. The zero-order chi connectivity index (χ0) is 16.1. The number of unbranched alkanes of at least 4 members (excludes halogenated alkanes) is 2. The van der Waals surface area contributed by atoms with E-state index in [1.54, 1.807) is 0 Å². The van der Waals surface area contributed by atoms with Gasteiger partial charge in [0.05, 0.1) is 0 Å². The van der Waals surface area contributed by atoms with Gasteiger partial charge in [0, 0.05) is 19.5 Å². The van der Waals surface area contributed by atoms with E-state index in [-0.39, 0.29) is 0 Å². The minimum atomic E-state index is 0.347. The predicted molar refractivity (Wildman–Crippen MR) is 93.5 cm³/mol. The van der Waals surface area contributed by atoms with Crippen LogP contribution in [0.1, 0.15) is 92.4 Å². The van der Waals surface area contributed by atoms with Gasteiger partial charge >= 0.3 is 0 Å². The Morgan fingerprint density at radius 2 is 1.24 bits per heavy atom. The molecule has 0 aromatic carbocycles. The highest BCUT2D eigenvalue weighted by Crippen LogP contribution is 2.19. The fourth-order valence-electron chi connectivity index (χ4n) is 2.96. The van der Waals surface area contributed by atoms with Gasteiger partial charge in [-0.25, -0.2) is 0 Å². The van der Waals surface area contributed by atoms with E-state index < -0.39 is 0 Å². The maximum atomic E-state index is 12.3. The molecule has 0 N–H and O–H groups in total. The van der Waals surface area contributed by atoms with Crippen molar-refractivity contribution in [3.8, 4) is 0 Å². The molecule has 1 amide bonds. The zero-order valence-electron chi connectivity index (χ0n) is 15.3. The minimum absolute atomic E-state index is 0.347. The summed E-state index contributed by atoms with van der Waals surface area (Å²) in [6.07, 6.45) is 10.7. The lowest BCUT2D eigenvalue weighted by Gasteiger charge is -2.30. The number of nitrogens with zero attached hydrogens (tertiary/aromatic N) is 1. The lowest BCUT2D eigenvalue weighted by atomic mass is 9.95. The molecule has 21 heavy (non-hydrogen) atoms.